The molecule has 1 amide bonds. The van der Waals surface area contributed by atoms with Crippen LogP contribution >= 0.6 is 0 Å². The van der Waals surface area contributed by atoms with E-state index in [2.05, 4.69) is 5.32 Å². The van der Waals surface area contributed by atoms with Gasteiger partial charge < -0.3 is 5.32 Å². The number of rotatable bonds is 0. The van der Waals surface area contributed by atoms with Crippen molar-refractivity contribution in [3.8, 4) is 0 Å². The summed E-state index contributed by atoms with van der Waals surface area (Å²) in [4.78, 5) is 11.0. The first-order valence-corrected chi connectivity index (χ1v) is 3.63. The van der Waals surface area contributed by atoms with Gasteiger partial charge in [-0.15, -0.1) is 0 Å². The van der Waals surface area contributed by atoms with Crippen LogP contribution in [0, 0.1) is 11.3 Å². The molecule has 3 unspecified atom stereocenters. The minimum atomic E-state index is 0.331. The summed E-state index contributed by atoms with van der Waals surface area (Å²) in [5.41, 5.74) is 0.511. The molecule has 1 spiro atoms. The summed E-state index contributed by atoms with van der Waals surface area (Å²) in [6, 6.07) is 0.601. The van der Waals surface area contributed by atoms with E-state index in [4.69, 9.17) is 0 Å². The molecule has 1 aliphatic heterocycles. The maximum atomic E-state index is 11.0. The second-order valence-corrected chi connectivity index (χ2v) is 3.59. The first-order valence-electron chi connectivity index (χ1n) is 3.63. The van der Waals surface area contributed by atoms with E-state index >= 15 is 0 Å². The van der Waals surface area contributed by atoms with Gasteiger partial charge in [0, 0.05) is 17.4 Å². The van der Waals surface area contributed by atoms with Gasteiger partial charge in [-0.25, -0.2) is 0 Å². The van der Waals surface area contributed by atoms with Gasteiger partial charge in [-0.3, -0.25) is 4.79 Å². The van der Waals surface area contributed by atoms with Crippen LogP contribution in [0.1, 0.15) is 19.3 Å². The molecule has 9 heavy (non-hydrogen) atoms. The van der Waals surface area contributed by atoms with Gasteiger partial charge in [0.15, 0.2) is 0 Å². The van der Waals surface area contributed by atoms with Gasteiger partial charge in [0.2, 0.25) is 5.91 Å². The molecule has 2 saturated carbocycles. The summed E-state index contributed by atoms with van der Waals surface area (Å²) >= 11 is 0. The highest BCUT2D eigenvalue weighted by Gasteiger charge is 2.71. The van der Waals surface area contributed by atoms with Crippen molar-refractivity contribution in [2.24, 2.45) is 11.3 Å². The number of nitrogens with one attached hydrogen (secondary N) is 1. The first-order chi connectivity index (χ1) is 4.33. The molecule has 3 aliphatic rings. The molecule has 0 aromatic rings. The summed E-state index contributed by atoms with van der Waals surface area (Å²) in [6.07, 6.45) is 3.74. The predicted molar refractivity (Wildman–Crippen MR) is 31.7 cm³/mol. The van der Waals surface area contributed by atoms with Crippen molar-refractivity contribution >= 4 is 5.91 Å². The first kappa shape index (κ1) is 4.31. The molecular weight excluding hydrogens is 114 g/mol. The van der Waals surface area contributed by atoms with Crippen molar-refractivity contribution in [3.05, 3.63) is 0 Å². The van der Waals surface area contributed by atoms with Gasteiger partial charge >= 0.3 is 0 Å². The molecule has 0 bridgehead atoms. The monoisotopic (exact) mass is 123 g/mol. The third-order valence-corrected chi connectivity index (χ3v) is 3.34. The van der Waals surface area contributed by atoms with Crippen LogP contribution in [0.3, 0.4) is 0 Å². The lowest BCUT2D eigenvalue weighted by Gasteiger charge is -2.30. The Morgan fingerprint density at radius 3 is 2.89 bits per heavy atom. The van der Waals surface area contributed by atoms with Gasteiger partial charge in [0.05, 0.1) is 0 Å². The Morgan fingerprint density at radius 2 is 2.56 bits per heavy atom. The minimum Gasteiger partial charge on any atom is -0.353 e. The summed E-state index contributed by atoms with van der Waals surface area (Å²) in [7, 11) is 0. The number of piperidine rings is 1. The van der Waals surface area contributed by atoms with Crippen LogP contribution in [0.15, 0.2) is 0 Å². The standard InChI is InChI=1S/C7H9NO/c9-6-4-1-2-7(4)3-5(7)8-6/h4-5H,1-3H2,(H,8,9). The predicted octanol–water partition coefficient (Wildman–Crippen LogP) is 0.285. The Kier molecular flexibility index (Phi) is 0.439. The van der Waals surface area contributed by atoms with E-state index in [1.54, 1.807) is 0 Å². The number of hydrogen-bond acceptors (Lipinski definition) is 1. The average Bonchev–Trinajstić information content (AvgIpc) is 2.35. The molecule has 2 nitrogen and oxygen atoms in total. The van der Waals surface area contributed by atoms with Crippen molar-refractivity contribution in [1.29, 1.82) is 0 Å². The molecule has 1 heterocycles. The van der Waals surface area contributed by atoms with Crippen LogP contribution in [0.4, 0.5) is 0 Å². The highest BCUT2D eigenvalue weighted by atomic mass is 16.2. The van der Waals surface area contributed by atoms with E-state index in [-0.39, 0.29) is 0 Å². The maximum absolute atomic E-state index is 11.0. The molecule has 3 rings (SSSR count). The zero-order chi connectivity index (χ0) is 6.06. The number of carbonyl (C=O) groups excluding carboxylic acids is 1. The summed E-state index contributed by atoms with van der Waals surface area (Å²) in [5.74, 6) is 0.764. The Labute approximate surface area is 53.6 Å². The fraction of sp³-hybridized carbons (Fsp3) is 0.857. The van der Waals surface area contributed by atoms with Crippen molar-refractivity contribution in [3.63, 3.8) is 0 Å². The molecule has 0 radical (unpaired) electrons. The van der Waals surface area contributed by atoms with Crippen LogP contribution < -0.4 is 5.32 Å². The second-order valence-electron chi connectivity index (χ2n) is 3.59. The van der Waals surface area contributed by atoms with Crippen LogP contribution in [-0.2, 0) is 4.79 Å². The topological polar surface area (TPSA) is 29.1 Å². The molecule has 3 fully saturated rings. The number of carbonyl (C=O) groups is 1. The Balaban J connectivity index is 2.05. The zero-order valence-electron chi connectivity index (χ0n) is 5.18. The van der Waals surface area contributed by atoms with Crippen molar-refractivity contribution in [2.45, 2.75) is 25.3 Å². The van der Waals surface area contributed by atoms with Crippen molar-refractivity contribution < 1.29 is 4.79 Å². The molecule has 0 aromatic carbocycles. The molecule has 2 aliphatic carbocycles. The SMILES string of the molecule is O=C1NC2CC23CCC13. The maximum Gasteiger partial charge on any atom is 0.223 e. The smallest absolute Gasteiger partial charge is 0.223 e. The fourth-order valence-electron chi connectivity index (χ4n) is 2.50. The van der Waals surface area contributed by atoms with Gasteiger partial charge in [-0.05, 0) is 19.3 Å². The van der Waals surface area contributed by atoms with E-state index in [9.17, 15) is 4.79 Å². The van der Waals surface area contributed by atoms with E-state index in [0.29, 0.717) is 23.3 Å². The summed E-state index contributed by atoms with van der Waals surface area (Å²) in [5, 5.41) is 3.00. The molecule has 3 atom stereocenters. The lowest BCUT2D eigenvalue weighted by molar-refractivity contribution is -0.127. The van der Waals surface area contributed by atoms with Crippen molar-refractivity contribution in [1.82, 2.24) is 5.32 Å². The number of hydrogen-bond donors (Lipinski definition) is 1. The molecule has 2 heteroatoms. The summed E-state index contributed by atoms with van der Waals surface area (Å²) < 4.78 is 0. The molecule has 1 N–H and O–H groups in total. The van der Waals surface area contributed by atoms with Crippen LogP contribution in [0.2, 0.25) is 0 Å². The lowest BCUT2D eigenvalue weighted by Crippen LogP contribution is -2.32. The van der Waals surface area contributed by atoms with Crippen LogP contribution in [0.25, 0.3) is 0 Å². The van der Waals surface area contributed by atoms with Crippen LogP contribution in [-0.4, -0.2) is 11.9 Å². The van der Waals surface area contributed by atoms with E-state index in [1.165, 1.54) is 12.8 Å². The zero-order valence-corrected chi connectivity index (χ0v) is 5.18. The normalized spacial score (nSPS) is 59.3. The summed E-state index contributed by atoms with van der Waals surface area (Å²) in [6.45, 7) is 0. The van der Waals surface area contributed by atoms with Gasteiger partial charge in [-0.1, -0.05) is 0 Å². The average molecular weight is 123 g/mol. The minimum absolute atomic E-state index is 0.331. The molecule has 1 saturated heterocycles. The van der Waals surface area contributed by atoms with E-state index < -0.39 is 0 Å². The molecular formula is C7H9NO. The van der Waals surface area contributed by atoms with E-state index in [1.807, 2.05) is 0 Å². The highest BCUT2D eigenvalue weighted by molar-refractivity contribution is 5.86. The highest BCUT2D eigenvalue weighted by Crippen LogP contribution is 2.67. The molecule has 0 aromatic heterocycles. The number of amides is 1. The Bertz CT molecular complexity index is 197. The fourth-order valence-corrected chi connectivity index (χ4v) is 2.50. The third-order valence-electron chi connectivity index (χ3n) is 3.34. The van der Waals surface area contributed by atoms with Crippen LogP contribution in [0.5, 0.6) is 0 Å². The van der Waals surface area contributed by atoms with Gasteiger partial charge in [-0.2, -0.15) is 0 Å². The second kappa shape index (κ2) is 0.917. The van der Waals surface area contributed by atoms with Gasteiger partial charge in [0.1, 0.15) is 0 Å². The lowest BCUT2D eigenvalue weighted by atomic mass is 9.71. The largest absolute Gasteiger partial charge is 0.353 e. The van der Waals surface area contributed by atoms with Crippen molar-refractivity contribution in [2.75, 3.05) is 0 Å². The quantitative estimate of drug-likeness (QED) is 0.492. The Morgan fingerprint density at radius 1 is 1.67 bits per heavy atom. The third kappa shape index (κ3) is 0.276. The Hall–Kier alpha value is -0.530. The molecule has 48 valence electrons. The van der Waals surface area contributed by atoms with Gasteiger partial charge in [0.25, 0.3) is 0 Å². The van der Waals surface area contributed by atoms with E-state index in [0.717, 1.165) is 6.42 Å².